The van der Waals surface area contributed by atoms with E-state index in [-0.39, 0.29) is 12.0 Å². The van der Waals surface area contributed by atoms with E-state index in [0.717, 1.165) is 35.6 Å². The van der Waals surface area contributed by atoms with E-state index in [1.54, 1.807) is 12.0 Å². The van der Waals surface area contributed by atoms with Gasteiger partial charge in [-0.25, -0.2) is 15.2 Å². The van der Waals surface area contributed by atoms with Crippen LogP contribution in [0.2, 0.25) is 0 Å². The van der Waals surface area contributed by atoms with Gasteiger partial charge in [0.2, 0.25) is 0 Å². The first-order valence-corrected chi connectivity index (χ1v) is 14.2. The highest BCUT2D eigenvalue weighted by molar-refractivity contribution is 6.02. The van der Waals surface area contributed by atoms with Crippen LogP contribution < -0.4 is 31.1 Å². The first kappa shape index (κ1) is 27.8. The predicted octanol–water partition coefficient (Wildman–Crippen LogP) is 4.38. The standard InChI is InChI=1S/C29H41N7O4/c1-29(2,3)40-28(38)36-14-12-35(13-15-36)21-10-11-22(23(17-21)39-4)32-26-25-19(18-30-34-27(25)37)16-24(33-26)31-20-8-6-5-7-9-20/h10-11,16-17,20,30H,5-9,12-15,18H2,1-4H3,(H,34,37)(H2,31,32,33). The minimum absolute atomic E-state index is 0.223. The summed E-state index contributed by atoms with van der Waals surface area (Å²) in [5.41, 5.74) is 8.27. The molecule has 0 atom stereocenters. The number of aromatic nitrogens is 1. The SMILES string of the molecule is COc1cc(N2CCN(C(=O)OC(C)(C)C)CC2)ccc1Nc1nc(NC2CCCCC2)cc2c1C(=O)NNC2. The maximum Gasteiger partial charge on any atom is 0.410 e. The molecule has 2 aliphatic heterocycles. The summed E-state index contributed by atoms with van der Waals surface area (Å²) < 4.78 is 11.3. The Balaban J connectivity index is 1.33. The van der Waals surface area contributed by atoms with Crippen molar-refractivity contribution in [3.05, 3.63) is 35.4 Å². The number of hydrazine groups is 1. The number of ether oxygens (including phenoxy) is 2. The van der Waals surface area contributed by atoms with Crippen molar-refractivity contribution >= 4 is 35.0 Å². The Morgan fingerprint density at radius 3 is 2.52 bits per heavy atom. The molecule has 1 aliphatic carbocycles. The molecule has 216 valence electrons. The predicted molar refractivity (Wildman–Crippen MR) is 155 cm³/mol. The summed E-state index contributed by atoms with van der Waals surface area (Å²) in [7, 11) is 1.63. The fourth-order valence-corrected chi connectivity index (χ4v) is 5.47. The van der Waals surface area contributed by atoms with Gasteiger partial charge < -0.3 is 29.9 Å². The van der Waals surface area contributed by atoms with Crippen LogP contribution in [0.5, 0.6) is 5.75 Å². The molecule has 0 spiro atoms. The molecular formula is C29H41N7O4. The van der Waals surface area contributed by atoms with Crippen LogP contribution in [0.25, 0.3) is 0 Å². The van der Waals surface area contributed by atoms with Gasteiger partial charge in [0.1, 0.15) is 23.0 Å². The Bertz CT molecular complexity index is 1230. The van der Waals surface area contributed by atoms with Crippen LogP contribution in [0.3, 0.4) is 0 Å². The number of rotatable bonds is 6. The number of nitrogens with one attached hydrogen (secondary N) is 4. The monoisotopic (exact) mass is 551 g/mol. The van der Waals surface area contributed by atoms with Gasteiger partial charge in [0.05, 0.1) is 18.4 Å². The van der Waals surface area contributed by atoms with E-state index in [0.29, 0.717) is 55.9 Å². The molecule has 2 amide bonds. The van der Waals surface area contributed by atoms with Crippen LogP contribution >= 0.6 is 0 Å². The van der Waals surface area contributed by atoms with Crippen LogP contribution in [0, 0.1) is 0 Å². The number of carbonyl (C=O) groups excluding carboxylic acids is 2. The second-order valence-corrected chi connectivity index (χ2v) is 11.6. The van der Waals surface area contributed by atoms with Gasteiger partial charge in [0.25, 0.3) is 5.91 Å². The lowest BCUT2D eigenvalue weighted by atomic mass is 9.95. The van der Waals surface area contributed by atoms with Crippen LogP contribution in [0.1, 0.15) is 68.8 Å². The van der Waals surface area contributed by atoms with Crippen molar-refractivity contribution in [3.63, 3.8) is 0 Å². The Morgan fingerprint density at radius 1 is 1.07 bits per heavy atom. The Labute approximate surface area is 235 Å². The molecule has 1 aromatic carbocycles. The smallest absolute Gasteiger partial charge is 0.410 e. The summed E-state index contributed by atoms with van der Waals surface area (Å²) in [4.78, 5) is 34.1. The molecule has 11 nitrogen and oxygen atoms in total. The van der Waals surface area contributed by atoms with E-state index in [2.05, 4.69) is 26.4 Å². The average molecular weight is 552 g/mol. The quantitative estimate of drug-likeness (QED) is 0.414. The second kappa shape index (κ2) is 11.8. The average Bonchev–Trinajstić information content (AvgIpc) is 2.93. The number of nitrogens with zero attached hydrogens (tertiary/aromatic N) is 3. The highest BCUT2D eigenvalue weighted by atomic mass is 16.6. The third kappa shape index (κ3) is 6.52. The normalized spacial score (nSPS) is 18.1. The molecule has 0 bridgehead atoms. The zero-order chi connectivity index (χ0) is 28.3. The van der Waals surface area contributed by atoms with Crippen LogP contribution in [0.15, 0.2) is 24.3 Å². The van der Waals surface area contributed by atoms with E-state index in [1.807, 2.05) is 45.0 Å². The maximum atomic E-state index is 12.8. The first-order valence-electron chi connectivity index (χ1n) is 14.2. The first-order chi connectivity index (χ1) is 19.2. The molecule has 1 saturated heterocycles. The van der Waals surface area contributed by atoms with Gasteiger partial charge in [-0.05, 0) is 57.4 Å². The fraction of sp³-hybridized carbons (Fsp3) is 0.552. The minimum atomic E-state index is -0.513. The summed E-state index contributed by atoms with van der Waals surface area (Å²) >= 11 is 0. The fourth-order valence-electron chi connectivity index (χ4n) is 5.47. The summed E-state index contributed by atoms with van der Waals surface area (Å²) in [5, 5.41) is 6.97. The van der Waals surface area contributed by atoms with Crippen molar-refractivity contribution in [2.75, 3.05) is 48.8 Å². The number of piperazine rings is 1. The van der Waals surface area contributed by atoms with Crippen LogP contribution in [-0.4, -0.2) is 66.8 Å². The van der Waals surface area contributed by atoms with Gasteiger partial charge in [-0.1, -0.05) is 19.3 Å². The molecule has 2 aromatic rings. The lowest BCUT2D eigenvalue weighted by Crippen LogP contribution is -2.50. The van der Waals surface area contributed by atoms with Gasteiger partial charge in [-0.15, -0.1) is 0 Å². The van der Waals surface area contributed by atoms with E-state index in [1.165, 1.54) is 19.3 Å². The summed E-state index contributed by atoms with van der Waals surface area (Å²) in [5.74, 6) is 1.68. The number of anilines is 4. The van der Waals surface area contributed by atoms with Gasteiger partial charge in [0.15, 0.2) is 0 Å². The molecule has 5 rings (SSSR count). The number of benzene rings is 1. The zero-order valence-electron chi connectivity index (χ0n) is 23.9. The molecular weight excluding hydrogens is 510 g/mol. The maximum absolute atomic E-state index is 12.8. The van der Waals surface area contributed by atoms with E-state index in [9.17, 15) is 9.59 Å². The number of amides is 2. The second-order valence-electron chi connectivity index (χ2n) is 11.6. The Morgan fingerprint density at radius 2 is 1.82 bits per heavy atom. The molecule has 3 heterocycles. The molecule has 3 aliphatic rings. The van der Waals surface area contributed by atoms with Crippen molar-refractivity contribution in [2.45, 2.75) is 71.1 Å². The van der Waals surface area contributed by atoms with Gasteiger partial charge >= 0.3 is 6.09 Å². The highest BCUT2D eigenvalue weighted by Crippen LogP contribution is 2.35. The molecule has 40 heavy (non-hydrogen) atoms. The largest absolute Gasteiger partial charge is 0.494 e. The number of carbonyl (C=O) groups is 2. The van der Waals surface area contributed by atoms with E-state index >= 15 is 0 Å². The Hall–Kier alpha value is -3.73. The van der Waals surface area contributed by atoms with Crippen molar-refractivity contribution in [1.82, 2.24) is 20.7 Å². The number of hydrogen-bond acceptors (Lipinski definition) is 9. The van der Waals surface area contributed by atoms with Crippen molar-refractivity contribution in [2.24, 2.45) is 0 Å². The molecule has 0 radical (unpaired) electrons. The number of pyridine rings is 1. The third-order valence-corrected chi connectivity index (χ3v) is 7.50. The number of fused-ring (bicyclic) bond motifs is 1. The molecule has 0 unspecified atom stereocenters. The third-order valence-electron chi connectivity index (χ3n) is 7.50. The topological polar surface area (TPSA) is 120 Å². The van der Waals surface area contributed by atoms with Crippen LogP contribution in [0.4, 0.5) is 27.8 Å². The van der Waals surface area contributed by atoms with Gasteiger partial charge in [0, 0.05) is 50.5 Å². The molecule has 1 saturated carbocycles. The molecule has 11 heteroatoms. The van der Waals surface area contributed by atoms with Gasteiger partial charge in [-0.2, -0.15) is 0 Å². The number of methoxy groups -OCH3 is 1. The van der Waals surface area contributed by atoms with Crippen molar-refractivity contribution in [1.29, 1.82) is 0 Å². The molecule has 1 aromatic heterocycles. The summed E-state index contributed by atoms with van der Waals surface area (Å²) in [6, 6.07) is 8.30. The molecule has 4 N–H and O–H groups in total. The van der Waals surface area contributed by atoms with Crippen LogP contribution in [-0.2, 0) is 11.3 Å². The summed E-state index contributed by atoms with van der Waals surface area (Å²) in [6.07, 6.45) is 5.69. The highest BCUT2D eigenvalue weighted by Gasteiger charge is 2.27. The summed E-state index contributed by atoms with van der Waals surface area (Å²) in [6.45, 7) is 8.68. The van der Waals surface area contributed by atoms with E-state index < -0.39 is 5.60 Å². The zero-order valence-corrected chi connectivity index (χ0v) is 23.9. The lowest BCUT2D eigenvalue weighted by molar-refractivity contribution is 0.0240. The van der Waals surface area contributed by atoms with Crippen molar-refractivity contribution in [3.8, 4) is 5.75 Å². The lowest BCUT2D eigenvalue weighted by Gasteiger charge is -2.37. The Kier molecular flexibility index (Phi) is 8.20. The number of hydrogen-bond donors (Lipinski definition) is 4. The van der Waals surface area contributed by atoms with Gasteiger partial charge in [-0.3, -0.25) is 10.2 Å². The minimum Gasteiger partial charge on any atom is -0.494 e. The van der Waals surface area contributed by atoms with E-state index in [4.69, 9.17) is 14.5 Å². The van der Waals surface area contributed by atoms with Crippen molar-refractivity contribution < 1.29 is 19.1 Å². The molecule has 2 fully saturated rings.